The molecule has 0 N–H and O–H groups in total. The molecular weight excluding hydrogens is 1240 g/mol. The standard InChI is InChI=1S/C32H12BF24.C27H21O2S/c34-25(35,36)13-1-14(26(37,38)39)6-21(5-13)33(22-7-15(27(40,41)42)2-16(8-22)28(43,44)45,23-9-17(29(46,47)48)3-18(10-23)30(49,50)51)24-11-19(31(52,53)54)4-20(12-24)32(55,56)57;28-30(27-14-8-3-9-15-27,21-20-23-10-4-1-5-11-23)22-24-16-18-26(19-17-24)29-25-12-6-2-7-13-25/h1-12H;1-19H,22H2/q-1;+1. The number of ether oxygens (including phenoxy) is 1. The summed E-state index contributed by atoms with van der Waals surface area (Å²) < 4.78 is 361. The first kappa shape index (κ1) is 66.2. The van der Waals surface area contributed by atoms with Crippen molar-refractivity contribution in [3.63, 3.8) is 0 Å². The van der Waals surface area contributed by atoms with Gasteiger partial charge in [0, 0.05) is 11.1 Å². The van der Waals surface area contributed by atoms with E-state index in [0.29, 0.717) is 5.75 Å². The summed E-state index contributed by atoms with van der Waals surface area (Å²) in [5.74, 6) is 4.97. The third-order valence-electron chi connectivity index (χ3n) is 13.0. The van der Waals surface area contributed by atoms with E-state index in [0.717, 1.165) is 27.5 Å². The van der Waals surface area contributed by atoms with Gasteiger partial charge in [-0.3, -0.25) is 0 Å². The first-order chi connectivity index (χ1) is 40.0. The zero-order valence-electron chi connectivity index (χ0n) is 43.0. The van der Waals surface area contributed by atoms with Gasteiger partial charge in [-0.15, -0.1) is 0 Å². The molecule has 0 aliphatic heterocycles. The molecule has 8 aromatic rings. The van der Waals surface area contributed by atoms with E-state index in [4.69, 9.17) is 4.74 Å². The lowest BCUT2D eigenvalue weighted by molar-refractivity contribution is -0.144. The molecule has 0 aliphatic rings. The Labute approximate surface area is 477 Å². The molecule has 2 nitrogen and oxygen atoms in total. The maximum Gasteiger partial charge on any atom is 0.416 e. The van der Waals surface area contributed by atoms with Crippen molar-refractivity contribution in [3.05, 3.63) is 244 Å². The molecule has 0 spiro atoms. The van der Waals surface area contributed by atoms with Gasteiger partial charge in [-0.2, -0.15) is 127 Å². The van der Waals surface area contributed by atoms with Crippen molar-refractivity contribution >= 4 is 37.9 Å². The van der Waals surface area contributed by atoms with E-state index < -0.39 is 205 Å². The van der Waals surface area contributed by atoms with Crippen LogP contribution in [0.25, 0.3) is 0 Å². The van der Waals surface area contributed by atoms with Gasteiger partial charge in [-0.05, 0) is 78.7 Å². The van der Waals surface area contributed by atoms with Gasteiger partial charge in [0.05, 0.1) is 44.5 Å². The topological polar surface area (TPSA) is 26.3 Å². The lowest BCUT2D eigenvalue weighted by Gasteiger charge is -2.46. The predicted octanol–water partition coefficient (Wildman–Crippen LogP) is 17.8. The van der Waals surface area contributed by atoms with E-state index in [2.05, 4.69) is 11.2 Å². The minimum atomic E-state index is -6.13. The van der Waals surface area contributed by atoms with Crippen LogP contribution < -0.4 is 26.6 Å². The maximum absolute atomic E-state index is 14.2. The molecule has 28 heteroatoms. The van der Waals surface area contributed by atoms with Crippen molar-refractivity contribution in [3.8, 4) is 22.7 Å². The van der Waals surface area contributed by atoms with E-state index in [9.17, 15) is 110 Å². The second kappa shape index (κ2) is 24.1. The highest BCUT2D eigenvalue weighted by atomic mass is 32.2. The maximum atomic E-state index is 14.2. The Morgan fingerprint density at radius 2 is 0.575 bits per heavy atom. The normalized spacial score (nSPS) is 13.6. The summed E-state index contributed by atoms with van der Waals surface area (Å²) in [6.45, 7) is 0. The molecule has 0 heterocycles. The van der Waals surface area contributed by atoms with Gasteiger partial charge < -0.3 is 4.74 Å². The minimum Gasteiger partial charge on any atom is -0.457 e. The molecule has 0 saturated carbocycles. The molecular formula is C59H33BF24O2S. The molecule has 1 atom stereocenters. The summed E-state index contributed by atoms with van der Waals surface area (Å²) in [4.78, 5) is 0.748. The summed E-state index contributed by atoms with van der Waals surface area (Å²) in [6.07, 6.45) is -54.8. The first-order valence-corrected chi connectivity index (χ1v) is 26.0. The first-order valence-electron chi connectivity index (χ1n) is 24.3. The fourth-order valence-electron chi connectivity index (χ4n) is 9.07. The van der Waals surface area contributed by atoms with E-state index in [-0.39, 0.29) is 0 Å². The fraction of sp³-hybridized carbons (Fsp3) is 0.153. The minimum absolute atomic E-state index is 0.350. The molecule has 8 aromatic carbocycles. The zero-order chi connectivity index (χ0) is 64.6. The SMILES string of the molecule is FC(F)(F)c1cc([B-](c2cc(C(F)(F)F)cc(C(F)(F)F)c2)(c2cc(C(F)(F)F)cc(C(F)(F)F)c2)c2cc(C(F)(F)F)cc(C(F)(F)F)c2)cc(C(F)(F)F)c1.O=[S+](C#Cc1ccccc1)(Cc1ccc(Oc2ccccc2)cc1)c1ccccc1. The molecule has 0 aliphatic carbocycles. The quantitative estimate of drug-likeness (QED) is 0.0623. The number of alkyl halides is 24. The van der Waals surface area contributed by atoms with Crippen molar-refractivity contribution in [1.29, 1.82) is 0 Å². The molecule has 87 heavy (non-hydrogen) atoms. The summed E-state index contributed by atoms with van der Waals surface area (Å²) >= 11 is 0. The molecule has 0 amide bonds. The molecule has 0 fully saturated rings. The van der Waals surface area contributed by atoms with E-state index in [1.165, 1.54) is 0 Å². The number of para-hydroxylation sites is 1. The van der Waals surface area contributed by atoms with Crippen molar-refractivity contribution < 1.29 is 114 Å². The van der Waals surface area contributed by atoms with Gasteiger partial charge in [0.15, 0.2) is 25.8 Å². The van der Waals surface area contributed by atoms with E-state index in [1.807, 2.05) is 115 Å². The Hall–Kier alpha value is -8.35. The van der Waals surface area contributed by atoms with Gasteiger partial charge in [-0.25, -0.2) is 0 Å². The van der Waals surface area contributed by atoms with Crippen molar-refractivity contribution in [2.75, 3.05) is 0 Å². The lowest BCUT2D eigenvalue weighted by Crippen LogP contribution is -2.75. The van der Waals surface area contributed by atoms with Gasteiger partial charge in [0.25, 0.3) is 0 Å². The van der Waals surface area contributed by atoms with Gasteiger partial charge >= 0.3 is 49.4 Å². The molecule has 0 saturated heterocycles. The number of benzene rings is 8. The number of hydrogen-bond acceptors (Lipinski definition) is 2. The Bertz CT molecular complexity index is 3400. The van der Waals surface area contributed by atoms with Crippen LogP contribution in [0.1, 0.15) is 55.6 Å². The van der Waals surface area contributed by atoms with E-state index >= 15 is 0 Å². The fourth-order valence-corrected chi connectivity index (χ4v) is 11.0. The van der Waals surface area contributed by atoms with Crippen LogP contribution >= 0.6 is 0 Å². The van der Waals surface area contributed by atoms with Crippen LogP contribution in [0.3, 0.4) is 0 Å². The number of hydrogen-bond donors (Lipinski definition) is 0. The van der Waals surface area contributed by atoms with Crippen LogP contribution in [0.5, 0.6) is 11.5 Å². The lowest BCUT2D eigenvalue weighted by atomic mass is 9.12. The largest absolute Gasteiger partial charge is 0.457 e. The molecule has 0 aromatic heterocycles. The average Bonchev–Trinajstić information content (AvgIpc) is 0.836. The number of halogens is 24. The van der Waals surface area contributed by atoms with Crippen LogP contribution in [0, 0.1) is 11.2 Å². The third kappa shape index (κ3) is 16.0. The Morgan fingerprint density at radius 1 is 0.322 bits per heavy atom. The number of rotatable bonds is 9. The summed E-state index contributed by atoms with van der Waals surface area (Å²) in [5.41, 5.74) is -28.4. The summed E-state index contributed by atoms with van der Waals surface area (Å²) in [7, 11) is -2.59. The second-order valence-electron chi connectivity index (χ2n) is 19.0. The molecule has 458 valence electrons. The van der Waals surface area contributed by atoms with Crippen LogP contribution in [0.2, 0.25) is 0 Å². The Morgan fingerprint density at radius 3 is 0.851 bits per heavy atom. The highest BCUT2D eigenvalue weighted by molar-refractivity contribution is 8.06. The zero-order valence-corrected chi connectivity index (χ0v) is 43.8. The van der Waals surface area contributed by atoms with Crippen LogP contribution in [0.4, 0.5) is 105 Å². The van der Waals surface area contributed by atoms with E-state index in [1.54, 1.807) is 0 Å². The van der Waals surface area contributed by atoms with Crippen LogP contribution in [0.15, 0.2) is 193 Å². The molecule has 8 rings (SSSR count). The van der Waals surface area contributed by atoms with Crippen LogP contribution in [-0.4, -0.2) is 6.15 Å². The summed E-state index contributed by atoms with van der Waals surface area (Å²) in [6, 6.07) is 27.7. The molecule has 0 bridgehead atoms. The Balaban J connectivity index is 0.000000300. The summed E-state index contributed by atoms with van der Waals surface area (Å²) in [5, 5.41) is 3.08. The average molecular weight is 1270 g/mol. The van der Waals surface area contributed by atoms with Crippen molar-refractivity contribution in [2.45, 2.75) is 60.1 Å². The highest BCUT2D eigenvalue weighted by Crippen LogP contribution is 2.42. The van der Waals surface area contributed by atoms with Crippen LogP contribution in [-0.2, 0) is 69.3 Å². The Kier molecular flexibility index (Phi) is 18.3. The van der Waals surface area contributed by atoms with Crippen molar-refractivity contribution in [1.82, 2.24) is 0 Å². The second-order valence-corrected chi connectivity index (χ2v) is 21.3. The third-order valence-corrected chi connectivity index (χ3v) is 15.2. The monoisotopic (exact) mass is 1270 g/mol. The predicted molar refractivity (Wildman–Crippen MR) is 273 cm³/mol. The van der Waals surface area contributed by atoms with Gasteiger partial charge in [0.2, 0.25) is 0 Å². The van der Waals surface area contributed by atoms with Gasteiger partial charge in [0.1, 0.15) is 17.6 Å². The van der Waals surface area contributed by atoms with Crippen molar-refractivity contribution in [2.24, 2.45) is 0 Å². The van der Waals surface area contributed by atoms with Gasteiger partial charge in [-0.1, -0.05) is 119 Å². The molecule has 1 unspecified atom stereocenters. The molecule has 0 radical (unpaired) electrons. The smallest absolute Gasteiger partial charge is 0.416 e. The highest BCUT2D eigenvalue weighted by Gasteiger charge is 2.47.